The Labute approximate surface area is 100 Å². The minimum Gasteiger partial charge on any atom is -0.381 e. The second-order valence-electron chi connectivity index (χ2n) is 3.91. The third kappa shape index (κ3) is 2.64. The molecular weight excluding hydrogens is 242 g/mol. The summed E-state index contributed by atoms with van der Waals surface area (Å²) >= 11 is 0. The van der Waals surface area contributed by atoms with Gasteiger partial charge in [0, 0.05) is 38.6 Å². The Hall–Kier alpha value is -1.41. The van der Waals surface area contributed by atoms with Crippen molar-refractivity contribution in [3.05, 3.63) is 12.4 Å². The molecule has 1 aromatic rings. The molecule has 94 valence electrons. The Kier molecular flexibility index (Phi) is 3.16. The van der Waals surface area contributed by atoms with Crippen molar-refractivity contribution in [1.29, 1.82) is 0 Å². The maximum absolute atomic E-state index is 11.4. The molecule has 0 atom stereocenters. The maximum atomic E-state index is 11.4. The minimum atomic E-state index is -3.10. The molecule has 1 saturated heterocycles. The summed E-state index contributed by atoms with van der Waals surface area (Å²) < 4.78 is 24.2. The number of anilines is 2. The number of sulfonamides is 1. The van der Waals surface area contributed by atoms with E-state index in [4.69, 9.17) is 5.73 Å². The van der Waals surface area contributed by atoms with Crippen LogP contribution >= 0.6 is 0 Å². The second-order valence-corrected chi connectivity index (χ2v) is 5.90. The highest BCUT2D eigenvalue weighted by Gasteiger charge is 2.24. The van der Waals surface area contributed by atoms with Crippen molar-refractivity contribution in [2.75, 3.05) is 43.1 Å². The van der Waals surface area contributed by atoms with E-state index in [1.807, 2.05) is 4.90 Å². The van der Waals surface area contributed by atoms with Gasteiger partial charge in [-0.15, -0.1) is 0 Å². The minimum absolute atomic E-state index is 0.375. The quantitative estimate of drug-likeness (QED) is 0.741. The lowest BCUT2D eigenvalue weighted by atomic mass is 10.3. The molecule has 2 rings (SSSR count). The van der Waals surface area contributed by atoms with Crippen LogP contribution in [0.3, 0.4) is 0 Å². The molecule has 1 aromatic heterocycles. The van der Waals surface area contributed by atoms with Gasteiger partial charge < -0.3 is 10.6 Å². The monoisotopic (exact) mass is 257 g/mol. The number of rotatable bonds is 2. The van der Waals surface area contributed by atoms with Gasteiger partial charge in [0.25, 0.3) is 0 Å². The Morgan fingerprint density at radius 1 is 1.18 bits per heavy atom. The smallest absolute Gasteiger partial charge is 0.211 e. The highest BCUT2D eigenvalue weighted by atomic mass is 32.2. The lowest BCUT2D eigenvalue weighted by Crippen LogP contribution is -2.48. The number of nitrogens with two attached hydrogens (primary N) is 1. The fourth-order valence-corrected chi connectivity index (χ4v) is 2.64. The number of nitrogen functional groups attached to an aromatic ring is 1. The first-order chi connectivity index (χ1) is 7.98. The van der Waals surface area contributed by atoms with Crippen molar-refractivity contribution in [3.8, 4) is 0 Å². The number of hydrogen-bond acceptors (Lipinski definition) is 6. The summed E-state index contributed by atoms with van der Waals surface area (Å²) in [4.78, 5) is 10.1. The summed E-state index contributed by atoms with van der Waals surface area (Å²) in [5.41, 5.74) is 5.72. The standard InChI is InChI=1S/C9H15N5O2S/c1-17(15,16)14-6-4-13(5-7-14)9-8(10)11-2-3-12-9/h2-3H,4-7H2,1H3,(H2,10,11). The van der Waals surface area contributed by atoms with Crippen LogP contribution in [0.4, 0.5) is 11.6 Å². The Balaban J connectivity index is 2.08. The maximum Gasteiger partial charge on any atom is 0.211 e. The lowest BCUT2D eigenvalue weighted by Gasteiger charge is -2.34. The first kappa shape index (κ1) is 12.1. The van der Waals surface area contributed by atoms with Crippen LogP contribution in [0.15, 0.2) is 12.4 Å². The van der Waals surface area contributed by atoms with E-state index in [-0.39, 0.29) is 0 Å². The molecule has 0 spiro atoms. The van der Waals surface area contributed by atoms with Gasteiger partial charge >= 0.3 is 0 Å². The van der Waals surface area contributed by atoms with Gasteiger partial charge in [-0.05, 0) is 0 Å². The van der Waals surface area contributed by atoms with Crippen molar-refractivity contribution >= 4 is 21.7 Å². The zero-order valence-corrected chi connectivity index (χ0v) is 10.4. The number of nitrogens with zero attached hydrogens (tertiary/aromatic N) is 4. The first-order valence-electron chi connectivity index (χ1n) is 5.25. The molecule has 0 bridgehead atoms. The Bertz CT molecular complexity index is 496. The Morgan fingerprint density at radius 2 is 1.76 bits per heavy atom. The lowest BCUT2D eigenvalue weighted by molar-refractivity contribution is 0.387. The average Bonchev–Trinajstić information content (AvgIpc) is 2.29. The predicted octanol–water partition coefficient (Wildman–Crippen LogP) is -0.860. The van der Waals surface area contributed by atoms with Gasteiger partial charge in [0.2, 0.25) is 10.0 Å². The van der Waals surface area contributed by atoms with Crippen LogP contribution < -0.4 is 10.6 Å². The van der Waals surface area contributed by atoms with Crippen molar-refractivity contribution in [2.45, 2.75) is 0 Å². The molecular formula is C9H15N5O2S. The van der Waals surface area contributed by atoms with Gasteiger partial charge in [-0.3, -0.25) is 0 Å². The average molecular weight is 257 g/mol. The van der Waals surface area contributed by atoms with Gasteiger partial charge in [-0.25, -0.2) is 18.4 Å². The van der Waals surface area contributed by atoms with Crippen molar-refractivity contribution in [3.63, 3.8) is 0 Å². The number of hydrogen-bond donors (Lipinski definition) is 1. The van der Waals surface area contributed by atoms with Crippen LogP contribution in [0.1, 0.15) is 0 Å². The topological polar surface area (TPSA) is 92.4 Å². The molecule has 17 heavy (non-hydrogen) atoms. The molecule has 8 heteroatoms. The summed E-state index contributed by atoms with van der Waals surface area (Å²) in [7, 11) is -3.10. The van der Waals surface area contributed by atoms with Gasteiger partial charge in [0.05, 0.1) is 6.26 Å². The van der Waals surface area contributed by atoms with E-state index in [9.17, 15) is 8.42 Å². The highest BCUT2D eigenvalue weighted by molar-refractivity contribution is 7.88. The number of aromatic nitrogens is 2. The van der Waals surface area contributed by atoms with E-state index < -0.39 is 10.0 Å². The zero-order chi connectivity index (χ0) is 12.5. The fourth-order valence-electron chi connectivity index (χ4n) is 1.82. The third-order valence-corrected chi connectivity index (χ3v) is 4.02. The van der Waals surface area contributed by atoms with Crippen molar-refractivity contribution in [2.24, 2.45) is 0 Å². The molecule has 1 aliphatic rings. The normalized spacial score (nSPS) is 18.3. The number of piperazine rings is 1. The summed E-state index contributed by atoms with van der Waals surface area (Å²) in [6.07, 6.45) is 4.33. The van der Waals surface area contributed by atoms with Crippen LogP contribution in [-0.2, 0) is 10.0 Å². The third-order valence-electron chi connectivity index (χ3n) is 2.71. The summed E-state index contributed by atoms with van der Waals surface area (Å²) in [6, 6.07) is 0. The summed E-state index contributed by atoms with van der Waals surface area (Å²) in [5, 5.41) is 0. The SMILES string of the molecule is CS(=O)(=O)N1CCN(c2nccnc2N)CC1. The fraction of sp³-hybridized carbons (Fsp3) is 0.556. The molecule has 0 unspecified atom stereocenters. The molecule has 0 radical (unpaired) electrons. The van der Waals surface area contributed by atoms with Gasteiger partial charge in [0.1, 0.15) is 0 Å². The van der Waals surface area contributed by atoms with Crippen LogP contribution in [0.5, 0.6) is 0 Å². The van der Waals surface area contributed by atoms with Crippen molar-refractivity contribution in [1.82, 2.24) is 14.3 Å². The molecule has 0 aromatic carbocycles. The van der Waals surface area contributed by atoms with E-state index in [0.717, 1.165) is 0 Å². The molecule has 2 heterocycles. The van der Waals surface area contributed by atoms with Crippen molar-refractivity contribution < 1.29 is 8.42 Å². The van der Waals surface area contributed by atoms with E-state index in [0.29, 0.717) is 37.8 Å². The van der Waals surface area contributed by atoms with Crippen LogP contribution in [0, 0.1) is 0 Å². The van der Waals surface area contributed by atoms with E-state index >= 15 is 0 Å². The molecule has 1 aliphatic heterocycles. The Morgan fingerprint density at radius 3 is 2.29 bits per heavy atom. The van der Waals surface area contributed by atoms with Crippen LogP contribution in [-0.4, -0.2) is 55.1 Å². The highest BCUT2D eigenvalue weighted by Crippen LogP contribution is 2.18. The second kappa shape index (κ2) is 4.46. The predicted molar refractivity (Wildman–Crippen MR) is 65.1 cm³/mol. The summed E-state index contributed by atoms with van der Waals surface area (Å²) in [5.74, 6) is 1.00. The molecule has 2 N–H and O–H groups in total. The zero-order valence-electron chi connectivity index (χ0n) is 9.57. The van der Waals surface area contributed by atoms with Gasteiger partial charge in [-0.2, -0.15) is 4.31 Å². The van der Waals surface area contributed by atoms with Crippen LogP contribution in [0.2, 0.25) is 0 Å². The molecule has 0 aliphatic carbocycles. The first-order valence-corrected chi connectivity index (χ1v) is 7.10. The largest absolute Gasteiger partial charge is 0.381 e. The van der Waals surface area contributed by atoms with Gasteiger partial charge in [0.15, 0.2) is 11.6 Å². The van der Waals surface area contributed by atoms with E-state index in [1.54, 1.807) is 6.20 Å². The molecule has 7 nitrogen and oxygen atoms in total. The molecule has 0 saturated carbocycles. The van der Waals surface area contributed by atoms with Crippen LogP contribution in [0.25, 0.3) is 0 Å². The molecule has 0 amide bonds. The van der Waals surface area contributed by atoms with E-state index in [2.05, 4.69) is 9.97 Å². The molecule has 1 fully saturated rings. The van der Waals surface area contributed by atoms with Gasteiger partial charge in [-0.1, -0.05) is 0 Å². The summed E-state index contributed by atoms with van der Waals surface area (Å²) in [6.45, 7) is 2.07. The van der Waals surface area contributed by atoms with E-state index in [1.165, 1.54) is 16.8 Å².